The number of carboxylic acids is 1. The van der Waals surface area contributed by atoms with Gasteiger partial charge in [0.2, 0.25) is 5.91 Å². The summed E-state index contributed by atoms with van der Waals surface area (Å²) in [5, 5.41) is 19.5. The van der Waals surface area contributed by atoms with E-state index in [4.69, 9.17) is 20.7 Å². The van der Waals surface area contributed by atoms with Crippen LogP contribution in [0.25, 0.3) is 0 Å². The molecule has 7 heteroatoms. The Balaban J connectivity index is 2.57. The Bertz CT molecular complexity index is 262. The summed E-state index contributed by atoms with van der Waals surface area (Å²) in [6.45, 7) is -0.227. The van der Waals surface area contributed by atoms with Gasteiger partial charge in [0.25, 0.3) is 0 Å². The van der Waals surface area contributed by atoms with E-state index in [9.17, 15) is 9.59 Å². The van der Waals surface area contributed by atoms with Crippen LogP contribution < -0.4 is 11.1 Å². The molecule has 1 rings (SSSR count). The third-order valence-corrected chi connectivity index (χ3v) is 2.29. The van der Waals surface area contributed by atoms with Gasteiger partial charge in [-0.1, -0.05) is 0 Å². The molecule has 0 aromatic heterocycles. The van der Waals surface area contributed by atoms with E-state index in [1.54, 1.807) is 0 Å². The molecule has 1 saturated heterocycles. The van der Waals surface area contributed by atoms with Gasteiger partial charge in [0.15, 0.2) is 0 Å². The summed E-state index contributed by atoms with van der Waals surface area (Å²) in [7, 11) is 0. The van der Waals surface area contributed by atoms with Crippen LogP contribution in [0.2, 0.25) is 0 Å². The summed E-state index contributed by atoms with van der Waals surface area (Å²) in [4.78, 5) is 22.1. The first-order chi connectivity index (χ1) is 6.99. The molecule has 1 heterocycles. The molecule has 7 nitrogen and oxygen atoms in total. The molecule has 1 aliphatic rings. The van der Waals surface area contributed by atoms with Crippen molar-refractivity contribution in [3.8, 4) is 0 Å². The van der Waals surface area contributed by atoms with Crippen molar-refractivity contribution in [2.24, 2.45) is 5.73 Å². The number of aliphatic hydroxyl groups is 1. The molecule has 1 unspecified atom stereocenters. The fourth-order valence-electron chi connectivity index (χ4n) is 1.25. The molecule has 0 aliphatic carbocycles. The number of rotatable bonds is 4. The number of aliphatic hydroxyl groups excluding tert-OH is 1. The van der Waals surface area contributed by atoms with Gasteiger partial charge >= 0.3 is 5.97 Å². The Morgan fingerprint density at radius 2 is 2.27 bits per heavy atom. The first-order valence-corrected chi connectivity index (χ1v) is 4.51. The number of carboxylic acid groups (broad SMARTS) is 1. The highest BCUT2D eigenvalue weighted by Gasteiger charge is 2.39. The number of carbonyl (C=O) groups excluding carboxylic acids is 1. The summed E-state index contributed by atoms with van der Waals surface area (Å²) in [6.07, 6.45) is 0.344. The summed E-state index contributed by atoms with van der Waals surface area (Å²) >= 11 is 0. The van der Waals surface area contributed by atoms with E-state index < -0.39 is 30.1 Å². The first-order valence-electron chi connectivity index (χ1n) is 4.51. The van der Waals surface area contributed by atoms with Crippen LogP contribution in [0.1, 0.15) is 6.42 Å². The molecule has 1 fully saturated rings. The molecule has 0 aromatic carbocycles. The Morgan fingerprint density at radius 1 is 1.60 bits per heavy atom. The zero-order valence-corrected chi connectivity index (χ0v) is 8.10. The van der Waals surface area contributed by atoms with E-state index >= 15 is 0 Å². The quantitative estimate of drug-likeness (QED) is 0.419. The predicted molar refractivity (Wildman–Crippen MR) is 49.0 cm³/mol. The lowest BCUT2D eigenvalue weighted by Gasteiger charge is -2.22. The summed E-state index contributed by atoms with van der Waals surface area (Å²) in [6, 6.07) is -1.32. The second kappa shape index (κ2) is 4.56. The maximum Gasteiger partial charge on any atom is 0.328 e. The third-order valence-electron chi connectivity index (χ3n) is 2.29. The smallest absolute Gasteiger partial charge is 0.328 e. The van der Waals surface area contributed by atoms with Gasteiger partial charge in [0.1, 0.15) is 11.6 Å². The highest BCUT2D eigenvalue weighted by atomic mass is 16.5. The molecule has 0 saturated carbocycles. The molecular weight excluding hydrogens is 204 g/mol. The van der Waals surface area contributed by atoms with Gasteiger partial charge in [0.05, 0.1) is 13.2 Å². The van der Waals surface area contributed by atoms with Gasteiger partial charge in [-0.3, -0.25) is 4.79 Å². The zero-order valence-electron chi connectivity index (χ0n) is 8.10. The normalized spacial score (nSPS) is 27.3. The van der Waals surface area contributed by atoms with E-state index in [2.05, 4.69) is 5.32 Å². The highest BCUT2D eigenvalue weighted by molar-refractivity contribution is 5.90. The topological polar surface area (TPSA) is 122 Å². The molecule has 86 valence electrons. The fourth-order valence-corrected chi connectivity index (χ4v) is 1.25. The van der Waals surface area contributed by atoms with Crippen LogP contribution in [0, 0.1) is 0 Å². The molecule has 0 aromatic rings. The lowest BCUT2D eigenvalue weighted by molar-refractivity contribution is -0.143. The number of nitrogens with two attached hydrogens (primary N) is 1. The SMILES string of the molecule is NC1(C(=O)N[C@@H](CO)C(=O)O)CCOC1. The molecule has 1 amide bonds. The minimum absolute atomic E-state index is 0.0661. The van der Waals surface area contributed by atoms with Crippen LogP contribution in [0.3, 0.4) is 0 Å². The average Bonchev–Trinajstić information content (AvgIpc) is 2.61. The van der Waals surface area contributed by atoms with Crippen molar-refractivity contribution in [3.05, 3.63) is 0 Å². The van der Waals surface area contributed by atoms with Crippen molar-refractivity contribution in [1.29, 1.82) is 0 Å². The van der Waals surface area contributed by atoms with E-state index in [0.29, 0.717) is 13.0 Å². The van der Waals surface area contributed by atoms with Crippen LogP contribution >= 0.6 is 0 Å². The second-order valence-corrected chi connectivity index (χ2v) is 3.51. The Labute approximate surface area is 86.2 Å². The van der Waals surface area contributed by atoms with Crippen molar-refractivity contribution in [1.82, 2.24) is 5.32 Å². The van der Waals surface area contributed by atoms with Crippen LogP contribution in [-0.4, -0.2) is 53.5 Å². The van der Waals surface area contributed by atoms with Crippen molar-refractivity contribution in [2.45, 2.75) is 18.0 Å². The lowest BCUT2D eigenvalue weighted by Crippen LogP contribution is -2.58. The average molecular weight is 218 g/mol. The first kappa shape index (κ1) is 11.9. The van der Waals surface area contributed by atoms with Crippen LogP contribution in [0.15, 0.2) is 0 Å². The maximum absolute atomic E-state index is 11.6. The molecule has 2 atom stereocenters. The standard InChI is InChI=1S/C8H14N2O5/c9-8(1-2-15-4-8)7(14)10-5(3-11)6(12)13/h5,11H,1-4,9H2,(H,10,14)(H,12,13)/t5-,8?/m0/s1. The number of hydrogen-bond acceptors (Lipinski definition) is 5. The Hall–Kier alpha value is -1.18. The summed E-state index contributed by atoms with van der Waals surface area (Å²) in [5.74, 6) is -1.91. The van der Waals surface area contributed by atoms with E-state index in [-0.39, 0.29) is 6.61 Å². The third kappa shape index (κ3) is 2.65. The van der Waals surface area contributed by atoms with Crippen LogP contribution in [0.5, 0.6) is 0 Å². The molecule has 1 aliphatic heterocycles. The predicted octanol–water partition coefficient (Wildman–Crippen LogP) is -2.33. The van der Waals surface area contributed by atoms with Crippen LogP contribution in [-0.2, 0) is 14.3 Å². The van der Waals surface area contributed by atoms with E-state index in [0.717, 1.165) is 0 Å². The zero-order chi connectivity index (χ0) is 11.5. The summed E-state index contributed by atoms with van der Waals surface area (Å²) < 4.78 is 4.96. The lowest BCUT2D eigenvalue weighted by atomic mass is 9.99. The number of ether oxygens (including phenoxy) is 1. The van der Waals surface area contributed by atoms with Crippen molar-refractivity contribution in [3.63, 3.8) is 0 Å². The number of hydrogen-bond donors (Lipinski definition) is 4. The van der Waals surface area contributed by atoms with E-state index in [1.165, 1.54) is 0 Å². The number of aliphatic carboxylic acids is 1. The molecule has 5 N–H and O–H groups in total. The fraction of sp³-hybridized carbons (Fsp3) is 0.750. The van der Waals surface area contributed by atoms with Crippen molar-refractivity contribution >= 4 is 11.9 Å². The number of amides is 1. The molecule has 0 radical (unpaired) electrons. The van der Waals surface area contributed by atoms with Crippen LogP contribution in [0.4, 0.5) is 0 Å². The van der Waals surface area contributed by atoms with E-state index in [1.807, 2.05) is 0 Å². The second-order valence-electron chi connectivity index (χ2n) is 3.51. The Kier molecular flexibility index (Phi) is 3.61. The van der Waals surface area contributed by atoms with Crippen molar-refractivity contribution < 1.29 is 24.5 Å². The van der Waals surface area contributed by atoms with Gasteiger partial charge in [-0.2, -0.15) is 0 Å². The Morgan fingerprint density at radius 3 is 2.67 bits per heavy atom. The van der Waals surface area contributed by atoms with Gasteiger partial charge in [0, 0.05) is 6.61 Å². The van der Waals surface area contributed by atoms with Gasteiger partial charge in [-0.15, -0.1) is 0 Å². The largest absolute Gasteiger partial charge is 0.480 e. The molecule has 15 heavy (non-hydrogen) atoms. The van der Waals surface area contributed by atoms with Gasteiger partial charge < -0.3 is 26.0 Å². The minimum Gasteiger partial charge on any atom is -0.480 e. The number of nitrogens with one attached hydrogen (secondary N) is 1. The monoisotopic (exact) mass is 218 g/mol. The van der Waals surface area contributed by atoms with Crippen molar-refractivity contribution in [2.75, 3.05) is 19.8 Å². The number of carbonyl (C=O) groups is 2. The molecule has 0 bridgehead atoms. The van der Waals surface area contributed by atoms with Gasteiger partial charge in [-0.05, 0) is 6.42 Å². The molecular formula is C8H14N2O5. The maximum atomic E-state index is 11.6. The van der Waals surface area contributed by atoms with Gasteiger partial charge in [-0.25, -0.2) is 4.79 Å². The molecule has 0 spiro atoms. The minimum atomic E-state index is -1.32. The summed E-state index contributed by atoms with van der Waals surface area (Å²) in [5.41, 5.74) is 4.52. The highest BCUT2D eigenvalue weighted by Crippen LogP contribution is 2.15.